The molecule has 0 spiro atoms. The van der Waals surface area contributed by atoms with E-state index in [2.05, 4.69) is 22.0 Å². The Balaban J connectivity index is 0.00000261. The van der Waals surface area contributed by atoms with Crippen molar-refractivity contribution in [2.24, 2.45) is 4.99 Å². The average Bonchev–Trinajstić information content (AvgIpc) is 3.31. The van der Waals surface area contributed by atoms with Crippen LogP contribution < -0.4 is 5.32 Å². The minimum absolute atomic E-state index is 0. The highest BCUT2D eigenvalue weighted by molar-refractivity contribution is 14.0. The summed E-state index contributed by atoms with van der Waals surface area (Å²) in [5, 5.41) is 3.39. The zero-order valence-corrected chi connectivity index (χ0v) is 18.6. The Kier molecular flexibility index (Phi) is 8.72. The van der Waals surface area contributed by atoms with Gasteiger partial charge in [0.15, 0.2) is 17.6 Å². The number of guanidine groups is 1. The maximum Gasteiger partial charge on any atom is 0.193 e. The van der Waals surface area contributed by atoms with Gasteiger partial charge in [-0.2, -0.15) is 0 Å². The fraction of sp³-hybridized carbons (Fsp3) is 0.650. The third-order valence-electron chi connectivity index (χ3n) is 5.48. The summed E-state index contributed by atoms with van der Waals surface area (Å²) in [5.41, 5.74) is 0.778. The number of aliphatic imine (C=N–C) groups is 1. The fourth-order valence-electron chi connectivity index (χ4n) is 3.91. The Morgan fingerprint density at radius 3 is 2.63 bits per heavy atom. The first-order chi connectivity index (χ1) is 12.6. The maximum atomic E-state index is 13.5. The van der Waals surface area contributed by atoms with Crippen molar-refractivity contribution in [2.75, 3.05) is 39.3 Å². The molecule has 2 unspecified atom stereocenters. The Labute approximate surface area is 178 Å². The third-order valence-corrected chi connectivity index (χ3v) is 5.48. The van der Waals surface area contributed by atoms with Crippen molar-refractivity contribution in [3.05, 3.63) is 35.4 Å². The molecule has 2 heterocycles. The zero-order valence-electron chi connectivity index (χ0n) is 16.3. The van der Waals surface area contributed by atoms with E-state index in [-0.39, 0.29) is 29.9 Å². The van der Waals surface area contributed by atoms with E-state index in [1.54, 1.807) is 6.07 Å². The molecule has 2 saturated heterocycles. The summed E-state index contributed by atoms with van der Waals surface area (Å²) in [6.07, 6.45) is 3.82. The van der Waals surface area contributed by atoms with Gasteiger partial charge in [0.05, 0.1) is 0 Å². The van der Waals surface area contributed by atoms with Crippen LogP contribution in [0.2, 0.25) is 0 Å². The molecule has 1 N–H and O–H groups in total. The molecule has 2 aliphatic heterocycles. The Morgan fingerprint density at radius 2 is 1.96 bits per heavy atom. The molecule has 2 atom stereocenters. The highest BCUT2D eigenvalue weighted by Crippen LogP contribution is 2.21. The van der Waals surface area contributed by atoms with E-state index in [0.29, 0.717) is 12.6 Å². The molecule has 152 valence electrons. The van der Waals surface area contributed by atoms with Gasteiger partial charge in [-0.05, 0) is 57.0 Å². The summed E-state index contributed by atoms with van der Waals surface area (Å²) in [4.78, 5) is 9.72. The number of hydrogen-bond donors (Lipinski definition) is 1. The minimum atomic E-state index is -0.803. The highest BCUT2D eigenvalue weighted by atomic mass is 127. The van der Waals surface area contributed by atoms with E-state index in [1.165, 1.54) is 44.5 Å². The summed E-state index contributed by atoms with van der Waals surface area (Å²) < 4.78 is 26.6. The van der Waals surface area contributed by atoms with E-state index >= 15 is 0 Å². The van der Waals surface area contributed by atoms with Gasteiger partial charge in [-0.1, -0.05) is 13.0 Å². The number of hydrogen-bond acceptors (Lipinski definition) is 2. The summed E-state index contributed by atoms with van der Waals surface area (Å²) in [5.74, 6) is -0.625. The lowest BCUT2D eigenvalue weighted by molar-refractivity contribution is 0.249. The standard InChI is InChI=1S/C20H30F2N4.HI/c1-3-23-20(26-11-8-17(14-26)25-9-4-5-10-25)24-13-15(2)16-6-7-18(21)19(22)12-16;/h6-7,12,15,17H,3-5,8-11,13-14H2,1-2H3,(H,23,24);1H. The molecule has 3 rings (SSSR count). The molecule has 27 heavy (non-hydrogen) atoms. The van der Waals surface area contributed by atoms with Crippen LogP contribution in [-0.4, -0.2) is 61.1 Å². The van der Waals surface area contributed by atoms with Crippen molar-refractivity contribution in [2.45, 2.75) is 45.1 Å². The molecule has 0 amide bonds. The van der Waals surface area contributed by atoms with Crippen LogP contribution in [0.4, 0.5) is 8.78 Å². The van der Waals surface area contributed by atoms with Crippen LogP contribution in [0, 0.1) is 11.6 Å². The Hall–Kier alpha value is -0.960. The van der Waals surface area contributed by atoms with Crippen LogP contribution in [0.25, 0.3) is 0 Å². The molecule has 0 radical (unpaired) electrons. The van der Waals surface area contributed by atoms with Crippen molar-refractivity contribution in [1.82, 2.24) is 15.1 Å². The maximum absolute atomic E-state index is 13.5. The van der Waals surface area contributed by atoms with Gasteiger partial charge in [0.2, 0.25) is 0 Å². The van der Waals surface area contributed by atoms with Crippen molar-refractivity contribution in [3.8, 4) is 0 Å². The van der Waals surface area contributed by atoms with Crippen LogP contribution in [-0.2, 0) is 0 Å². The number of nitrogens with zero attached hydrogens (tertiary/aromatic N) is 3. The second kappa shape index (κ2) is 10.5. The van der Waals surface area contributed by atoms with Crippen LogP contribution >= 0.6 is 24.0 Å². The van der Waals surface area contributed by atoms with Gasteiger partial charge in [-0.15, -0.1) is 24.0 Å². The van der Waals surface area contributed by atoms with Crippen LogP contribution in [0.15, 0.2) is 23.2 Å². The number of rotatable bonds is 5. The van der Waals surface area contributed by atoms with Crippen molar-refractivity contribution in [3.63, 3.8) is 0 Å². The summed E-state index contributed by atoms with van der Waals surface area (Å²) in [6.45, 7) is 9.93. The summed E-state index contributed by atoms with van der Waals surface area (Å²) in [6, 6.07) is 4.74. The number of benzene rings is 1. The molecule has 1 aromatic carbocycles. The number of nitrogens with one attached hydrogen (secondary N) is 1. The monoisotopic (exact) mass is 492 g/mol. The second-order valence-electron chi connectivity index (χ2n) is 7.40. The molecule has 7 heteroatoms. The highest BCUT2D eigenvalue weighted by Gasteiger charge is 2.30. The van der Waals surface area contributed by atoms with E-state index < -0.39 is 11.6 Å². The normalized spacial score (nSPS) is 22.0. The van der Waals surface area contributed by atoms with E-state index in [0.717, 1.165) is 31.2 Å². The molecule has 0 aliphatic carbocycles. The van der Waals surface area contributed by atoms with Gasteiger partial charge in [0, 0.05) is 38.1 Å². The van der Waals surface area contributed by atoms with Crippen molar-refractivity contribution >= 4 is 29.9 Å². The van der Waals surface area contributed by atoms with Crippen LogP contribution in [0.1, 0.15) is 44.6 Å². The van der Waals surface area contributed by atoms with Crippen LogP contribution in [0.3, 0.4) is 0 Å². The second-order valence-corrected chi connectivity index (χ2v) is 7.40. The topological polar surface area (TPSA) is 30.9 Å². The largest absolute Gasteiger partial charge is 0.357 e. The van der Waals surface area contributed by atoms with Crippen LogP contribution in [0.5, 0.6) is 0 Å². The zero-order chi connectivity index (χ0) is 18.5. The lowest BCUT2D eigenvalue weighted by Crippen LogP contribution is -2.42. The van der Waals surface area contributed by atoms with Gasteiger partial charge in [-0.3, -0.25) is 9.89 Å². The predicted molar refractivity (Wildman–Crippen MR) is 117 cm³/mol. The molecule has 2 fully saturated rings. The predicted octanol–water partition coefficient (Wildman–Crippen LogP) is 3.82. The first-order valence-electron chi connectivity index (χ1n) is 9.80. The Morgan fingerprint density at radius 1 is 1.22 bits per heavy atom. The summed E-state index contributed by atoms with van der Waals surface area (Å²) in [7, 11) is 0. The van der Waals surface area contributed by atoms with Crippen molar-refractivity contribution in [1.29, 1.82) is 0 Å². The lowest BCUT2D eigenvalue weighted by Gasteiger charge is -2.25. The quantitative estimate of drug-likeness (QED) is 0.385. The first kappa shape index (κ1) is 22.3. The lowest BCUT2D eigenvalue weighted by atomic mass is 10.0. The smallest absolute Gasteiger partial charge is 0.193 e. The molecular formula is C20H31F2IN4. The minimum Gasteiger partial charge on any atom is -0.357 e. The van der Waals surface area contributed by atoms with Gasteiger partial charge >= 0.3 is 0 Å². The van der Waals surface area contributed by atoms with Gasteiger partial charge < -0.3 is 10.2 Å². The van der Waals surface area contributed by atoms with Crippen molar-refractivity contribution < 1.29 is 8.78 Å². The molecular weight excluding hydrogens is 461 g/mol. The molecule has 4 nitrogen and oxygen atoms in total. The SMILES string of the molecule is CCNC(=NCC(C)c1ccc(F)c(F)c1)N1CCC(N2CCCC2)C1.I. The van der Waals surface area contributed by atoms with Gasteiger partial charge in [-0.25, -0.2) is 8.78 Å². The number of likely N-dealkylation sites (tertiary alicyclic amines) is 2. The van der Waals surface area contributed by atoms with E-state index in [1.807, 2.05) is 6.92 Å². The van der Waals surface area contributed by atoms with E-state index in [4.69, 9.17) is 4.99 Å². The van der Waals surface area contributed by atoms with E-state index in [9.17, 15) is 8.78 Å². The number of halogens is 3. The molecule has 0 aromatic heterocycles. The molecule has 2 aliphatic rings. The Bertz CT molecular complexity index is 634. The third kappa shape index (κ3) is 5.76. The fourth-order valence-corrected chi connectivity index (χ4v) is 3.91. The summed E-state index contributed by atoms with van der Waals surface area (Å²) >= 11 is 0. The van der Waals surface area contributed by atoms with Gasteiger partial charge in [0.25, 0.3) is 0 Å². The average molecular weight is 492 g/mol. The molecule has 1 aromatic rings. The molecule has 0 bridgehead atoms. The first-order valence-corrected chi connectivity index (χ1v) is 9.80. The van der Waals surface area contributed by atoms with Gasteiger partial charge in [0.1, 0.15) is 0 Å². The molecule has 0 saturated carbocycles.